The Morgan fingerprint density at radius 1 is 1.13 bits per heavy atom. The third-order valence-corrected chi connectivity index (χ3v) is 6.23. The lowest BCUT2D eigenvalue weighted by Crippen LogP contribution is -2.33. The molecule has 0 spiro atoms. The van der Waals surface area contributed by atoms with Crippen LogP contribution in [0, 0.1) is 0 Å². The van der Waals surface area contributed by atoms with E-state index in [1.807, 2.05) is 31.2 Å². The molecular formula is C20H23Cl3N6O. The van der Waals surface area contributed by atoms with Gasteiger partial charge >= 0.3 is 0 Å². The molecule has 2 aromatic heterocycles. The molecule has 4 N–H and O–H groups in total. The summed E-state index contributed by atoms with van der Waals surface area (Å²) >= 11 is 19.3. The van der Waals surface area contributed by atoms with Gasteiger partial charge in [-0.25, -0.2) is 4.98 Å². The van der Waals surface area contributed by atoms with E-state index < -0.39 is 0 Å². The maximum absolute atomic E-state index is 6.75. The molecule has 160 valence electrons. The fraction of sp³-hybridized carbons (Fsp3) is 0.400. The molecule has 2 heterocycles. The zero-order valence-electron chi connectivity index (χ0n) is 16.5. The fourth-order valence-electron chi connectivity index (χ4n) is 3.59. The van der Waals surface area contributed by atoms with Crippen molar-refractivity contribution < 1.29 is 4.74 Å². The summed E-state index contributed by atoms with van der Waals surface area (Å²) in [5, 5.41) is 12.1. The van der Waals surface area contributed by atoms with Crippen LogP contribution in [-0.2, 0) is 0 Å². The first-order valence-electron chi connectivity index (χ1n) is 9.91. The minimum atomic E-state index is 0.163. The largest absolute Gasteiger partial charge is 0.494 e. The maximum Gasteiger partial charge on any atom is 0.182 e. The first-order valence-corrected chi connectivity index (χ1v) is 11.0. The second kappa shape index (κ2) is 9.06. The highest BCUT2D eigenvalue weighted by molar-refractivity contribution is 6.41. The number of nitrogens with zero attached hydrogens (tertiary/aromatic N) is 3. The van der Waals surface area contributed by atoms with Crippen molar-refractivity contribution in [3.8, 4) is 5.75 Å². The van der Waals surface area contributed by atoms with Crippen molar-refractivity contribution in [1.29, 1.82) is 0 Å². The number of nitrogens with one attached hydrogen (secondary N) is 2. The maximum atomic E-state index is 6.75. The number of nitrogens with two attached hydrogens (primary N) is 1. The van der Waals surface area contributed by atoms with Gasteiger partial charge in [0.1, 0.15) is 16.5 Å². The number of ether oxygens (including phenoxy) is 1. The van der Waals surface area contributed by atoms with Crippen LogP contribution >= 0.6 is 34.8 Å². The first kappa shape index (κ1) is 21.3. The van der Waals surface area contributed by atoms with E-state index in [-0.39, 0.29) is 22.4 Å². The molecule has 0 saturated heterocycles. The molecule has 1 saturated carbocycles. The molecule has 0 unspecified atom stereocenters. The minimum Gasteiger partial charge on any atom is -0.494 e. The highest BCUT2D eigenvalue weighted by Crippen LogP contribution is 2.38. The summed E-state index contributed by atoms with van der Waals surface area (Å²) in [6.07, 6.45) is 3.84. The van der Waals surface area contributed by atoms with E-state index in [0.29, 0.717) is 28.8 Å². The number of hydrogen-bond acceptors (Lipinski definition) is 6. The third kappa shape index (κ3) is 4.39. The Bertz CT molecular complexity index is 1030. The van der Waals surface area contributed by atoms with E-state index in [9.17, 15) is 0 Å². The summed E-state index contributed by atoms with van der Waals surface area (Å²) in [6.45, 7) is 2.55. The van der Waals surface area contributed by atoms with Gasteiger partial charge in [0.05, 0.1) is 6.61 Å². The highest BCUT2D eigenvalue weighted by Gasteiger charge is 2.24. The molecule has 1 aromatic carbocycles. The Labute approximate surface area is 189 Å². The molecular weight excluding hydrogens is 447 g/mol. The van der Waals surface area contributed by atoms with Crippen molar-refractivity contribution in [3.05, 3.63) is 39.6 Å². The number of benzene rings is 1. The number of fused-ring (bicyclic) bond motifs is 1. The molecule has 30 heavy (non-hydrogen) atoms. The lowest BCUT2D eigenvalue weighted by molar-refractivity contribution is 0.340. The number of aromatic nitrogens is 3. The number of rotatable bonds is 6. The van der Waals surface area contributed by atoms with E-state index in [1.54, 1.807) is 0 Å². The van der Waals surface area contributed by atoms with Gasteiger partial charge in [0.2, 0.25) is 0 Å². The average Bonchev–Trinajstić information content (AvgIpc) is 3.02. The normalized spacial score (nSPS) is 19.1. The van der Waals surface area contributed by atoms with E-state index in [0.717, 1.165) is 37.1 Å². The van der Waals surface area contributed by atoms with Crippen LogP contribution in [0.3, 0.4) is 0 Å². The lowest BCUT2D eigenvalue weighted by atomic mass is 9.92. The SMILES string of the molecule is CCOc1ccc(Nc2c(Cl)c(NC3CCC(N)CC3)nn3c(Cl)c(Cl)nc23)cc1. The van der Waals surface area contributed by atoms with Gasteiger partial charge in [-0.05, 0) is 56.9 Å². The summed E-state index contributed by atoms with van der Waals surface area (Å²) < 4.78 is 6.99. The smallest absolute Gasteiger partial charge is 0.182 e. The van der Waals surface area contributed by atoms with Gasteiger partial charge in [-0.15, -0.1) is 5.10 Å². The Kier molecular flexibility index (Phi) is 6.43. The monoisotopic (exact) mass is 468 g/mol. The third-order valence-electron chi connectivity index (χ3n) is 5.16. The van der Waals surface area contributed by atoms with E-state index in [1.165, 1.54) is 4.52 Å². The average molecular weight is 470 g/mol. The molecule has 0 radical (unpaired) electrons. The number of hydrogen-bond donors (Lipinski definition) is 3. The number of halogens is 3. The van der Waals surface area contributed by atoms with Gasteiger partial charge in [0, 0.05) is 17.8 Å². The Morgan fingerprint density at radius 2 is 1.83 bits per heavy atom. The second-order valence-corrected chi connectivity index (χ2v) is 8.40. The van der Waals surface area contributed by atoms with Crippen LogP contribution in [-0.4, -0.2) is 33.3 Å². The number of anilines is 3. The summed E-state index contributed by atoms with van der Waals surface area (Å²) in [6, 6.07) is 8.07. The Hall–Kier alpha value is -1.93. The van der Waals surface area contributed by atoms with E-state index >= 15 is 0 Å². The van der Waals surface area contributed by atoms with Crippen LogP contribution in [0.25, 0.3) is 5.65 Å². The summed E-state index contributed by atoms with van der Waals surface area (Å²) in [7, 11) is 0. The molecule has 0 atom stereocenters. The minimum absolute atomic E-state index is 0.163. The summed E-state index contributed by atoms with van der Waals surface area (Å²) in [5.41, 5.74) is 7.86. The van der Waals surface area contributed by atoms with E-state index in [2.05, 4.69) is 20.7 Å². The van der Waals surface area contributed by atoms with Crippen LogP contribution in [0.4, 0.5) is 17.2 Å². The van der Waals surface area contributed by atoms with Gasteiger partial charge < -0.3 is 21.1 Å². The standard InChI is InChI=1S/C20H23Cl3N6O/c1-2-30-14-9-7-12(8-10-14)25-16-15(21)19(26-13-5-3-11(24)4-6-13)28-29-18(23)17(22)27-20(16)29/h7-11,13,25H,2-6,24H2,1H3,(H,26,28). The van der Waals surface area contributed by atoms with Crippen molar-refractivity contribution in [3.63, 3.8) is 0 Å². The van der Waals surface area contributed by atoms with Gasteiger partial charge in [0.25, 0.3) is 0 Å². The zero-order chi connectivity index (χ0) is 21.3. The molecule has 7 nitrogen and oxygen atoms in total. The van der Waals surface area contributed by atoms with Crippen LogP contribution in [0.1, 0.15) is 32.6 Å². The topological polar surface area (TPSA) is 89.5 Å². The molecule has 0 amide bonds. The van der Waals surface area contributed by atoms with Crippen LogP contribution < -0.4 is 21.1 Å². The molecule has 10 heteroatoms. The summed E-state index contributed by atoms with van der Waals surface area (Å²) in [4.78, 5) is 4.33. The van der Waals surface area contributed by atoms with Crippen LogP contribution in [0.5, 0.6) is 5.75 Å². The fourth-order valence-corrected chi connectivity index (χ4v) is 4.13. The molecule has 1 aliphatic rings. The second-order valence-electron chi connectivity index (χ2n) is 7.30. The molecule has 4 rings (SSSR count). The van der Waals surface area contributed by atoms with Crippen molar-refractivity contribution in [1.82, 2.24) is 14.6 Å². The van der Waals surface area contributed by atoms with Gasteiger partial charge in [-0.1, -0.05) is 34.8 Å². The Morgan fingerprint density at radius 3 is 2.50 bits per heavy atom. The molecule has 3 aromatic rings. The van der Waals surface area contributed by atoms with Gasteiger partial charge in [0.15, 0.2) is 21.8 Å². The molecule has 0 bridgehead atoms. The lowest BCUT2D eigenvalue weighted by Gasteiger charge is -2.27. The molecule has 1 fully saturated rings. The zero-order valence-corrected chi connectivity index (χ0v) is 18.7. The number of imidazole rings is 1. The van der Waals surface area contributed by atoms with Gasteiger partial charge in [-0.2, -0.15) is 4.52 Å². The van der Waals surface area contributed by atoms with Crippen LogP contribution in [0.2, 0.25) is 15.3 Å². The van der Waals surface area contributed by atoms with Crippen LogP contribution in [0.15, 0.2) is 24.3 Å². The van der Waals surface area contributed by atoms with Crippen molar-refractivity contribution in [2.75, 3.05) is 17.2 Å². The van der Waals surface area contributed by atoms with Crippen molar-refractivity contribution >= 4 is 57.6 Å². The highest BCUT2D eigenvalue weighted by atomic mass is 35.5. The van der Waals surface area contributed by atoms with E-state index in [4.69, 9.17) is 45.3 Å². The van der Waals surface area contributed by atoms with Crippen molar-refractivity contribution in [2.24, 2.45) is 5.73 Å². The predicted octanol–water partition coefficient (Wildman–Crippen LogP) is 5.51. The Balaban J connectivity index is 1.69. The summed E-state index contributed by atoms with van der Waals surface area (Å²) in [5.74, 6) is 1.31. The first-order chi connectivity index (χ1) is 14.5. The molecule has 0 aliphatic heterocycles. The predicted molar refractivity (Wildman–Crippen MR) is 123 cm³/mol. The quantitative estimate of drug-likeness (QED) is 0.441. The van der Waals surface area contributed by atoms with Crippen molar-refractivity contribution in [2.45, 2.75) is 44.7 Å². The molecule has 1 aliphatic carbocycles. The van der Waals surface area contributed by atoms with Gasteiger partial charge in [-0.3, -0.25) is 0 Å².